The summed E-state index contributed by atoms with van der Waals surface area (Å²) in [6, 6.07) is 2.37. The van der Waals surface area contributed by atoms with E-state index in [0.29, 0.717) is 11.1 Å². The Kier molecular flexibility index (Phi) is 4.50. The first-order chi connectivity index (χ1) is 8.56. The minimum absolute atomic E-state index is 0. The third-order valence-corrected chi connectivity index (χ3v) is 2.52. The molecule has 6 nitrogen and oxygen atoms in total. The van der Waals surface area contributed by atoms with Crippen LogP contribution in [0.25, 0.3) is 11.1 Å². The van der Waals surface area contributed by atoms with Crippen molar-refractivity contribution in [2.24, 2.45) is 5.73 Å². The number of furan rings is 1. The molecule has 19 heavy (non-hydrogen) atoms. The number of esters is 1. The number of fused-ring (bicyclic) bond motifs is 1. The van der Waals surface area contributed by atoms with Gasteiger partial charge in [0.2, 0.25) is 5.91 Å². The van der Waals surface area contributed by atoms with Crippen LogP contribution in [0.15, 0.2) is 22.8 Å². The maximum Gasteiger partial charge on any atom is 0.355 e. The van der Waals surface area contributed by atoms with E-state index in [9.17, 15) is 9.59 Å². The maximum atomic E-state index is 12.0. The summed E-state index contributed by atoms with van der Waals surface area (Å²) in [5.74, 6) is -0.952. The van der Waals surface area contributed by atoms with E-state index in [4.69, 9.17) is 14.9 Å². The number of nitrogens with zero attached hydrogens (tertiary/aromatic N) is 1. The topological polar surface area (TPSA) is 87.5 Å². The van der Waals surface area contributed by atoms with Crippen molar-refractivity contribution in [1.82, 2.24) is 4.57 Å². The molecule has 0 amide bonds. The zero-order valence-electron chi connectivity index (χ0n) is 10.2. The lowest BCUT2D eigenvalue weighted by molar-refractivity contribution is 0.0508. The molecule has 2 aromatic heterocycles. The van der Waals surface area contributed by atoms with E-state index in [1.165, 1.54) is 16.9 Å². The third kappa shape index (κ3) is 2.53. The molecule has 1 atom stereocenters. The summed E-state index contributed by atoms with van der Waals surface area (Å²) >= 11 is 0. The van der Waals surface area contributed by atoms with Gasteiger partial charge in [-0.05, 0) is 13.8 Å². The van der Waals surface area contributed by atoms with Crippen LogP contribution in [-0.2, 0) is 4.74 Å². The Morgan fingerprint density at radius 2 is 2.21 bits per heavy atom. The second-order valence-electron chi connectivity index (χ2n) is 3.88. The molecule has 0 saturated carbocycles. The van der Waals surface area contributed by atoms with Gasteiger partial charge in [-0.15, -0.1) is 0 Å². The van der Waals surface area contributed by atoms with Crippen molar-refractivity contribution in [3.05, 3.63) is 24.1 Å². The van der Waals surface area contributed by atoms with Crippen LogP contribution in [0.4, 0.5) is 0 Å². The standard InChI is InChI=1S/C12H14N2O4.CH4/c1-3-17-12(16)9-6-10-8(4-5-18-10)14(9)11(15)7(2)13;/h4-7H,3,13H2,1-2H3;1H4/t7-;/m0./s1. The number of nitrogens with two attached hydrogens (primary N) is 1. The quantitative estimate of drug-likeness (QED) is 0.859. The van der Waals surface area contributed by atoms with Crippen molar-refractivity contribution in [1.29, 1.82) is 0 Å². The molecule has 0 unspecified atom stereocenters. The van der Waals surface area contributed by atoms with Gasteiger partial charge >= 0.3 is 5.97 Å². The van der Waals surface area contributed by atoms with Gasteiger partial charge in [0.1, 0.15) is 5.69 Å². The van der Waals surface area contributed by atoms with E-state index < -0.39 is 12.0 Å². The number of carbonyl (C=O) groups is 2. The van der Waals surface area contributed by atoms with Crippen LogP contribution in [0, 0.1) is 0 Å². The van der Waals surface area contributed by atoms with Crippen molar-refractivity contribution in [3.63, 3.8) is 0 Å². The van der Waals surface area contributed by atoms with Crippen LogP contribution in [0.5, 0.6) is 0 Å². The van der Waals surface area contributed by atoms with E-state index >= 15 is 0 Å². The highest BCUT2D eigenvalue weighted by Gasteiger charge is 2.24. The Morgan fingerprint density at radius 3 is 2.79 bits per heavy atom. The van der Waals surface area contributed by atoms with E-state index in [0.717, 1.165) is 0 Å². The van der Waals surface area contributed by atoms with E-state index in [1.807, 2.05) is 0 Å². The Balaban J connectivity index is 0.00000180. The molecule has 0 aromatic carbocycles. The highest BCUT2D eigenvalue weighted by atomic mass is 16.5. The SMILES string of the molecule is C.CCOC(=O)c1cc2occc2n1C(=O)[C@H](C)N. The average molecular weight is 266 g/mol. The molecule has 0 bridgehead atoms. The fourth-order valence-corrected chi connectivity index (χ4v) is 1.72. The van der Waals surface area contributed by atoms with Gasteiger partial charge in [-0.2, -0.15) is 0 Å². The summed E-state index contributed by atoms with van der Waals surface area (Å²) in [6.45, 7) is 3.49. The summed E-state index contributed by atoms with van der Waals surface area (Å²) < 4.78 is 11.3. The van der Waals surface area contributed by atoms with Gasteiger partial charge in [-0.3, -0.25) is 9.36 Å². The van der Waals surface area contributed by atoms with Crippen molar-refractivity contribution < 1.29 is 18.7 Å². The predicted octanol–water partition coefficient (Wildman–Crippen LogP) is 2.03. The van der Waals surface area contributed by atoms with Crippen LogP contribution in [0.2, 0.25) is 0 Å². The van der Waals surface area contributed by atoms with Crippen LogP contribution in [-0.4, -0.2) is 29.1 Å². The summed E-state index contributed by atoms with van der Waals surface area (Å²) in [7, 11) is 0. The molecule has 2 aromatic rings. The minimum atomic E-state index is -0.719. The number of aromatic nitrogens is 1. The normalized spacial score (nSPS) is 11.9. The molecule has 2 rings (SSSR count). The number of carbonyl (C=O) groups excluding carboxylic acids is 2. The molecule has 6 heteroatoms. The van der Waals surface area contributed by atoms with Gasteiger partial charge in [0.25, 0.3) is 0 Å². The summed E-state index contributed by atoms with van der Waals surface area (Å²) in [4.78, 5) is 23.8. The van der Waals surface area contributed by atoms with Gasteiger partial charge in [0.05, 0.1) is 24.4 Å². The van der Waals surface area contributed by atoms with Gasteiger partial charge in [-0.25, -0.2) is 4.79 Å². The first-order valence-electron chi connectivity index (χ1n) is 5.62. The zero-order valence-corrected chi connectivity index (χ0v) is 10.2. The first-order valence-corrected chi connectivity index (χ1v) is 5.62. The molecule has 0 aliphatic carbocycles. The maximum absolute atomic E-state index is 12.0. The molecular formula is C13H18N2O4. The molecular weight excluding hydrogens is 248 g/mol. The molecule has 0 aliphatic rings. The van der Waals surface area contributed by atoms with Gasteiger partial charge in [0.15, 0.2) is 5.58 Å². The molecule has 0 saturated heterocycles. The second-order valence-corrected chi connectivity index (χ2v) is 3.88. The Labute approximate surface area is 111 Å². The third-order valence-electron chi connectivity index (χ3n) is 2.52. The zero-order chi connectivity index (χ0) is 13.3. The van der Waals surface area contributed by atoms with Crippen LogP contribution >= 0.6 is 0 Å². The lowest BCUT2D eigenvalue weighted by Crippen LogP contribution is -2.33. The monoisotopic (exact) mass is 266 g/mol. The van der Waals surface area contributed by atoms with Crippen molar-refractivity contribution in [2.75, 3.05) is 6.61 Å². The van der Waals surface area contributed by atoms with Crippen LogP contribution in [0.1, 0.15) is 36.6 Å². The van der Waals surface area contributed by atoms with Crippen LogP contribution < -0.4 is 5.73 Å². The first kappa shape index (κ1) is 15.0. The summed E-state index contributed by atoms with van der Waals surface area (Å²) in [5.41, 5.74) is 6.67. The number of hydrogen-bond donors (Lipinski definition) is 1. The van der Waals surface area contributed by atoms with E-state index in [-0.39, 0.29) is 25.6 Å². The van der Waals surface area contributed by atoms with Gasteiger partial charge < -0.3 is 14.9 Å². The predicted molar refractivity (Wildman–Crippen MR) is 71.2 cm³/mol. The molecule has 2 heterocycles. The van der Waals surface area contributed by atoms with Crippen molar-refractivity contribution in [3.8, 4) is 0 Å². The lowest BCUT2D eigenvalue weighted by Gasteiger charge is -2.09. The smallest absolute Gasteiger partial charge is 0.355 e. The summed E-state index contributed by atoms with van der Waals surface area (Å²) in [6.07, 6.45) is 1.45. The molecule has 0 spiro atoms. The molecule has 104 valence electrons. The average Bonchev–Trinajstić information content (AvgIpc) is 2.87. The number of hydrogen-bond acceptors (Lipinski definition) is 5. The van der Waals surface area contributed by atoms with E-state index in [2.05, 4.69) is 0 Å². The summed E-state index contributed by atoms with van der Waals surface area (Å²) in [5, 5.41) is 0. The largest absolute Gasteiger partial charge is 0.463 e. The molecule has 2 N–H and O–H groups in total. The highest BCUT2D eigenvalue weighted by molar-refractivity contribution is 6.02. The Morgan fingerprint density at radius 1 is 1.53 bits per heavy atom. The van der Waals surface area contributed by atoms with E-state index in [1.54, 1.807) is 19.9 Å². The molecule has 0 fully saturated rings. The Bertz CT molecular complexity index is 595. The van der Waals surface area contributed by atoms with Crippen molar-refractivity contribution >= 4 is 23.0 Å². The van der Waals surface area contributed by atoms with Gasteiger partial charge in [0, 0.05) is 12.1 Å². The fourth-order valence-electron chi connectivity index (χ4n) is 1.72. The minimum Gasteiger partial charge on any atom is -0.463 e. The highest BCUT2D eigenvalue weighted by Crippen LogP contribution is 2.22. The number of ether oxygens (including phenoxy) is 1. The second kappa shape index (κ2) is 5.71. The molecule has 0 aliphatic heterocycles. The molecule has 0 radical (unpaired) electrons. The van der Waals surface area contributed by atoms with Crippen LogP contribution in [0.3, 0.4) is 0 Å². The fraction of sp³-hybridized carbons (Fsp3) is 0.385. The van der Waals surface area contributed by atoms with Crippen molar-refractivity contribution in [2.45, 2.75) is 27.3 Å². The lowest BCUT2D eigenvalue weighted by atomic mass is 10.3. The number of rotatable bonds is 3. The van der Waals surface area contributed by atoms with Gasteiger partial charge in [-0.1, -0.05) is 7.43 Å². The Hall–Kier alpha value is -2.08.